The summed E-state index contributed by atoms with van der Waals surface area (Å²) in [6, 6.07) is 13.6. The molecule has 0 bridgehead atoms. The molecule has 1 aromatic heterocycles. The molecular weight excluding hydrogens is 242 g/mol. The maximum absolute atomic E-state index is 11.9. The van der Waals surface area contributed by atoms with Gasteiger partial charge in [-0.05, 0) is 30.3 Å². The Hall–Kier alpha value is -2.87. The normalized spacial score (nSPS) is 9.47. The van der Waals surface area contributed by atoms with Crippen LogP contribution in [0.3, 0.4) is 0 Å². The number of aromatic nitrogens is 1. The maximum Gasteiger partial charge on any atom is 0.274 e. The molecule has 5 nitrogen and oxygen atoms in total. The van der Waals surface area contributed by atoms with Crippen molar-refractivity contribution in [3.63, 3.8) is 0 Å². The predicted molar refractivity (Wildman–Crippen MR) is 69.9 cm³/mol. The number of hydrogen-bond acceptors (Lipinski definition) is 4. The van der Waals surface area contributed by atoms with Crippen molar-refractivity contribution in [1.29, 1.82) is 5.26 Å². The van der Waals surface area contributed by atoms with E-state index < -0.39 is 0 Å². The number of pyridine rings is 1. The minimum absolute atomic E-state index is 0.267. The van der Waals surface area contributed by atoms with Gasteiger partial charge < -0.3 is 10.1 Å². The van der Waals surface area contributed by atoms with Gasteiger partial charge in [-0.25, -0.2) is 4.98 Å². The van der Waals surface area contributed by atoms with Crippen LogP contribution in [-0.2, 0) is 0 Å². The number of methoxy groups -OCH3 is 1. The summed E-state index contributed by atoms with van der Waals surface area (Å²) in [6.07, 6.45) is 0. The molecule has 0 aliphatic carbocycles. The van der Waals surface area contributed by atoms with E-state index in [1.807, 2.05) is 6.07 Å². The van der Waals surface area contributed by atoms with Crippen molar-refractivity contribution in [2.75, 3.05) is 12.4 Å². The topological polar surface area (TPSA) is 75.0 Å². The Kier molecular flexibility index (Phi) is 3.74. The van der Waals surface area contributed by atoms with E-state index in [1.165, 1.54) is 7.11 Å². The van der Waals surface area contributed by atoms with Gasteiger partial charge in [-0.2, -0.15) is 5.26 Å². The van der Waals surface area contributed by atoms with Gasteiger partial charge in [0.15, 0.2) is 0 Å². The maximum atomic E-state index is 11.9. The molecule has 2 rings (SSSR count). The summed E-state index contributed by atoms with van der Waals surface area (Å²) in [5.74, 6) is 0.0519. The molecule has 0 saturated heterocycles. The molecule has 0 aliphatic heterocycles. The van der Waals surface area contributed by atoms with Gasteiger partial charge in [-0.3, -0.25) is 4.79 Å². The summed E-state index contributed by atoms with van der Waals surface area (Å²) in [5, 5.41) is 11.4. The summed E-state index contributed by atoms with van der Waals surface area (Å²) < 4.78 is 4.96. The van der Waals surface area contributed by atoms with Crippen LogP contribution in [0.1, 0.15) is 16.1 Å². The zero-order chi connectivity index (χ0) is 13.7. The van der Waals surface area contributed by atoms with Gasteiger partial charge in [0.05, 0.1) is 18.7 Å². The highest BCUT2D eigenvalue weighted by Gasteiger charge is 2.08. The van der Waals surface area contributed by atoms with Gasteiger partial charge in [0.2, 0.25) is 5.88 Å². The quantitative estimate of drug-likeness (QED) is 0.910. The fourth-order valence-corrected chi connectivity index (χ4v) is 1.48. The Morgan fingerprint density at radius 1 is 1.26 bits per heavy atom. The van der Waals surface area contributed by atoms with Gasteiger partial charge in [0, 0.05) is 11.8 Å². The number of nitrogens with zero attached hydrogens (tertiary/aromatic N) is 2. The summed E-state index contributed by atoms with van der Waals surface area (Å²) in [7, 11) is 1.49. The minimum Gasteiger partial charge on any atom is -0.481 e. The summed E-state index contributed by atoms with van der Waals surface area (Å²) in [5.41, 5.74) is 1.41. The number of nitriles is 1. The average molecular weight is 253 g/mol. The molecule has 0 atom stereocenters. The first kappa shape index (κ1) is 12.6. The molecule has 1 heterocycles. The lowest BCUT2D eigenvalue weighted by Gasteiger charge is -2.05. The second kappa shape index (κ2) is 5.65. The van der Waals surface area contributed by atoms with Crippen LogP contribution in [0.4, 0.5) is 5.69 Å². The Labute approximate surface area is 110 Å². The van der Waals surface area contributed by atoms with Crippen LogP contribution in [0, 0.1) is 11.3 Å². The van der Waals surface area contributed by atoms with E-state index >= 15 is 0 Å². The van der Waals surface area contributed by atoms with Gasteiger partial charge in [0.25, 0.3) is 5.91 Å². The van der Waals surface area contributed by atoms with Crippen molar-refractivity contribution in [2.45, 2.75) is 0 Å². The van der Waals surface area contributed by atoms with Crippen molar-refractivity contribution in [2.24, 2.45) is 0 Å². The average Bonchev–Trinajstić information content (AvgIpc) is 2.48. The smallest absolute Gasteiger partial charge is 0.274 e. The monoisotopic (exact) mass is 253 g/mol. The lowest BCUT2D eigenvalue weighted by molar-refractivity contribution is 0.102. The molecule has 0 spiro atoms. The molecular formula is C14H11N3O2. The number of nitrogens with one attached hydrogen (secondary N) is 1. The largest absolute Gasteiger partial charge is 0.481 e. The SMILES string of the molecule is COc1cccc(C(=O)Nc2ccc(C#N)cc2)n1. The minimum atomic E-state index is -0.330. The van der Waals surface area contributed by atoms with E-state index in [1.54, 1.807) is 42.5 Å². The van der Waals surface area contributed by atoms with Crippen LogP contribution in [0.25, 0.3) is 0 Å². The third-order valence-corrected chi connectivity index (χ3v) is 2.44. The highest BCUT2D eigenvalue weighted by molar-refractivity contribution is 6.02. The summed E-state index contributed by atoms with van der Waals surface area (Å²) >= 11 is 0. The van der Waals surface area contributed by atoms with Gasteiger partial charge in [-0.15, -0.1) is 0 Å². The first-order valence-corrected chi connectivity index (χ1v) is 5.55. The molecule has 0 unspecified atom stereocenters. The van der Waals surface area contributed by atoms with Gasteiger partial charge in [0.1, 0.15) is 5.69 Å². The number of rotatable bonds is 3. The second-order valence-corrected chi connectivity index (χ2v) is 3.71. The third-order valence-electron chi connectivity index (χ3n) is 2.44. The van der Waals surface area contributed by atoms with Crippen molar-refractivity contribution in [3.05, 3.63) is 53.7 Å². The van der Waals surface area contributed by atoms with E-state index in [9.17, 15) is 4.79 Å². The number of hydrogen-bond donors (Lipinski definition) is 1. The van der Waals surface area contributed by atoms with Crippen LogP contribution >= 0.6 is 0 Å². The summed E-state index contributed by atoms with van der Waals surface area (Å²) in [6.45, 7) is 0. The van der Waals surface area contributed by atoms with Gasteiger partial charge in [-0.1, -0.05) is 6.07 Å². The molecule has 1 N–H and O–H groups in total. The molecule has 94 valence electrons. The van der Waals surface area contributed by atoms with Crippen LogP contribution in [0.5, 0.6) is 5.88 Å². The van der Waals surface area contributed by atoms with Crippen LogP contribution in [0.2, 0.25) is 0 Å². The van der Waals surface area contributed by atoms with E-state index in [-0.39, 0.29) is 11.6 Å². The fraction of sp³-hybridized carbons (Fsp3) is 0.0714. The fourth-order valence-electron chi connectivity index (χ4n) is 1.48. The molecule has 1 aromatic carbocycles. The zero-order valence-electron chi connectivity index (χ0n) is 10.3. The van der Waals surface area contributed by atoms with Crippen molar-refractivity contribution < 1.29 is 9.53 Å². The van der Waals surface area contributed by atoms with Crippen molar-refractivity contribution in [3.8, 4) is 11.9 Å². The van der Waals surface area contributed by atoms with Crippen LogP contribution < -0.4 is 10.1 Å². The molecule has 0 radical (unpaired) electrons. The lowest BCUT2D eigenvalue weighted by atomic mass is 10.2. The van der Waals surface area contributed by atoms with E-state index in [4.69, 9.17) is 10.00 Å². The second-order valence-electron chi connectivity index (χ2n) is 3.71. The summed E-state index contributed by atoms with van der Waals surface area (Å²) in [4.78, 5) is 16.0. The number of anilines is 1. The van der Waals surface area contributed by atoms with Gasteiger partial charge >= 0.3 is 0 Å². The first-order chi connectivity index (χ1) is 9.22. The van der Waals surface area contributed by atoms with Crippen molar-refractivity contribution in [1.82, 2.24) is 4.98 Å². The number of ether oxygens (including phenoxy) is 1. The Balaban J connectivity index is 2.13. The molecule has 0 saturated carbocycles. The van der Waals surface area contributed by atoms with Crippen LogP contribution in [-0.4, -0.2) is 18.0 Å². The number of amides is 1. The third kappa shape index (κ3) is 3.07. The first-order valence-electron chi connectivity index (χ1n) is 5.55. The molecule has 1 amide bonds. The predicted octanol–water partition coefficient (Wildman–Crippen LogP) is 2.21. The molecule has 5 heteroatoms. The Morgan fingerprint density at radius 2 is 2.00 bits per heavy atom. The number of carbonyl (C=O) groups excluding carboxylic acids is 1. The zero-order valence-corrected chi connectivity index (χ0v) is 10.3. The van der Waals surface area contributed by atoms with E-state index in [0.29, 0.717) is 17.1 Å². The molecule has 2 aromatic rings. The van der Waals surface area contributed by atoms with Crippen molar-refractivity contribution >= 4 is 11.6 Å². The highest BCUT2D eigenvalue weighted by atomic mass is 16.5. The number of carbonyl (C=O) groups is 1. The Bertz CT molecular complexity index is 630. The number of benzene rings is 1. The highest BCUT2D eigenvalue weighted by Crippen LogP contribution is 2.12. The molecule has 0 aliphatic rings. The lowest BCUT2D eigenvalue weighted by Crippen LogP contribution is -2.13. The standard InChI is InChI=1S/C14H11N3O2/c1-19-13-4-2-3-12(17-13)14(18)16-11-7-5-10(9-15)6-8-11/h2-8H,1H3,(H,16,18). The Morgan fingerprint density at radius 3 is 2.63 bits per heavy atom. The van der Waals surface area contributed by atoms with E-state index in [0.717, 1.165) is 0 Å². The van der Waals surface area contributed by atoms with E-state index in [2.05, 4.69) is 10.3 Å². The molecule has 19 heavy (non-hydrogen) atoms. The molecule has 0 fully saturated rings. The van der Waals surface area contributed by atoms with Crippen LogP contribution in [0.15, 0.2) is 42.5 Å².